The Morgan fingerprint density at radius 3 is 0.809 bits per heavy atom. The molecule has 0 saturated carbocycles. The van der Waals surface area contributed by atoms with Crippen LogP contribution in [0.25, 0.3) is 0 Å². The number of ether oxygens (including phenoxy) is 1. The summed E-state index contributed by atoms with van der Waals surface area (Å²) in [6.07, 6.45) is 18.5. The van der Waals surface area contributed by atoms with Gasteiger partial charge in [0.2, 0.25) is 0 Å². The van der Waals surface area contributed by atoms with Crippen LogP contribution < -0.4 is 38.5 Å². The van der Waals surface area contributed by atoms with Gasteiger partial charge in [-0.05, 0) is 201 Å². The number of hydrogen-bond acceptors (Lipinski definition) is 16. The van der Waals surface area contributed by atoms with Crippen molar-refractivity contribution in [2.45, 2.75) is 188 Å². The Balaban J connectivity index is 0.000000182. The number of aryl methyl sites for hydroxylation is 4. The topological polar surface area (TPSA) is 261 Å². The molecule has 12 rings (SSSR count). The molecule has 4 atom stereocenters. The van der Waals surface area contributed by atoms with Crippen LogP contribution in [-0.2, 0) is 54.4 Å². The van der Waals surface area contributed by atoms with Crippen molar-refractivity contribution in [2.24, 2.45) is 0 Å². The van der Waals surface area contributed by atoms with Crippen molar-refractivity contribution >= 4 is 69.0 Å². The molecule has 4 aliphatic rings. The minimum Gasteiger partial charge on any atom is -0.396 e. The van der Waals surface area contributed by atoms with Crippen molar-refractivity contribution in [1.29, 1.82) is 0 Å². The Morgan fingerprint density at radius 2 is 0.564 bits per heavy atom. The van der Waals surface area contributed by atoms with Crippen LogP contribution in [0.2, 0.25) is 0 Å². The number of nitrogens with one attached hydrogen (secondary N) is 4. The van der Waals surface area contributed by atoms with Crippen molar-refractivity contribution in [3.63, 3.8) is 0 Å². The molecule has 0 spiro atoms. The molecule has 0 saturated heterocycles. The summed E-state index contributed by atoms with van der Waals surface area (Å²) in [5.41, 5.74) is 13.9. The number of carbonyl (C=O) groups excluding carboxylic acids is 2. The van der Waals surface area contributed by atoms with Gasteiger partial charge in [-0.3, -0.25) is 17.2 Å². The molecular formula is C86H114N8O12S4. The third-order valence-electron chi connectivity index (χ3n) is 20.6. The molecule has 0 bridgehead atoms. The molecule has 8 aromatic carbocycles. The maximum atomic E-state index is 13.3. The number of methoxy groups -OCH3 is 1. The van der Waals surface area contributed by atoms with Gasteiger partial charge in [-0.25, -0.2) is 33.7 Å². The number of para-hydroxylation sites is 4. The zero-order valence-corrected chi connectivity index (χ0v) is 69.2. The molecule has 0 aliphatic carbocycles. The first kappa shape index (κ1) is 87.5. The predicted molar refractivity (Wildman–Crippen MR) is 441 cm³/mol. The Hall–Kier alpha value is -8.10. The van der Waals surface area contributed by atoms with E-state index in [4.69, 9.17) is 19.4 Å². The van der Waals surface area contributed by atoms with Gasteiger partial charge >= 0.3 is 6.15 Å². The number of hydrogen-bond donors (Lipinski definition) is 5. The average molecular weight is 1580 g/mol. The van der Waals surface area contributed by atoms with Gasteiger partial charge in [0.25, 0.3) is 40.1 Å². The van der Waals surface area contributed by atoms with Crippen molar-refractivity contribution in [1.82, 2.24) is 21.3 Å². The molecule has 5 N–H and O–H groups in total. The van der Waals surface area contributed by atoms with E-state index in [9.17, 15) is 33.7 Å². The van der Waals surface area contributed by atoms with Gasteiger partial charge in [-0.15, -0.1) is 0 Å². The summed E-state index contributed by atoms with van der Waals surface area (Å²) in [5, 5.41) is 23.3. The molecular weight excluding hydrogens is 1470 g/mol. The predicted octanol–water partition coefficient (Wildman–Crippen LogP) is 15.6. The molecule has 8 aromatic rings. The SMILES string of the molecule is CCCCCCCCNC1c2ccccc2N(C)S(=O)(=O)c2cc(C)ccc21.CCCCCCCNC1c2ccccc2N(C)S(=O)(=O)c2cc(C)ccc21.COCCCNC1c2ccccc2N(C)S(=O)(=O)c2cc(C)ccc21.Cc1ccc2c(c1)S(=O)(=O)N(C)c1ccccc1C2NCCCCCCO.O=C=O. The van der Waals surface area contributed by atoms with Gasteiger partial charge in [-0.1, -0.05) is 206 Å². The monoisotopic (exact) mass is 1580 g/mol. The quantitative estimate of drug-likeness (QED) is 0.0300. The minimum atomic E-state index is -3.60. The molecule has 0 amide bonds. The maximum Gasteiger partial charge on any atom is 0.373 e. The lowest BCUT2D eigenvalue weighted by Crippen LogP contribution is -2.26. The molecule has 0 radical (unpaired) electrons. The normalized spacial score (nSPS) is 17.5. The van der Waals surface area contributed by atoms with Gasteiger partial charge in [0, 0.05) is 48.5 Å². The van der Waals surface area contributed by atoms with E-state index in [1.165, 1.54) is 75.0 Å². The summed E-state index contributed by atoms with van der Waals surface area (Å²) in [4.78, 5) is 17.8. The molecule has 4 unspecified atom stereocenters. The fourth-order valence-electron chi connectivity index (χ4n) is 14.6. The largest absolute Gasteiger partial charge is 0.396 e. The van der Waals surface area contributed by atoms with E-state index in [-0.39, 0.29) is 36.9 Å². The average Bonchev–Trinajstić information content (AvgIpc) is 1.64. The van der Waals surface area contributed by atoms with Crippen LogP contribution in [0.5, 0.6) is 0 Å². The van der Waals surface area contributed by atoms with Crippen LogP contribution in [0.4, 0.5) is 22.7 Å². The summed E-state index contributed by atoms with van der Waals surface area (Å²) in [7, 11) is -6.13. The van der Waals surface area contributed by atoms with E-state index >= 15 is 0 Å². The first-order valence-electron chi connectivity index (χ1n) is 38.5. The highest BCUT2D eigenvalue weighted by atomic mass is 32.2. The van der Waals surface area contributed by atoms with Crippen molar-refractivity contribution in [3.8, 4) is 0 Å². The van der Waals surface area contributed by atoms with Gasteiger partial charge in [-0.2, -0.15) is 9.59 Å². The number of fused-ring (bicyclic) bond motifs is 8. The number of sulfonamides is 4. The minimum absolute atomic E-state index is 0.122. The maximum absolute atomic E-state index is 13.3. The van der Waals surface area contributed by atoms with Crippen LogP contribution in [0.15, 0.2) is 189 Å². The fraction of sp³-hybridized carbons (Fsp3) is 0.430. The number of benzene rings is 8. The van der Waals surface area contributed by atoms with Crippen LogP contribution in [0.3, 0.4) is 0 Å². The summed E-state index contributed by atoms with van der Waals surface area (Å²) in [6.45, 7) is 16.3. The van der Waals surface area contributed by atoms with Crippen LogP contribution in [-0.4, -0.2) is 120 Å². The smallest absolute Gasteiger partial charge is 0.373 e. The molecule has 20 nitrogen and oxygen atoms in total. The number of anilines is 4. The second kappa shape index (κ2) is 41.4. The van der Waals surface area contributed by atoms with E-state index in [0.717, 1.165) is 149 Å². The molecule has 4 heterocycles. The zero-order valence-electron chi connectivity index (χ0n) is 65.9. The third-order valence-corrected chi connectivity index (χ3v) is 27.9. The summed E-state index contributed by atoms with van der Waals surface area (Å²) in [5.74, 6) is 0. The number of rotatable bonds is 27. The van der Waals surface area contributed by atoms with Crippen molar-refractivity contribution in [2.75, 3.05) is 91.9 Å². The summed E-state index contributed by atoms with van der Waals surface area (Å²) < 4.78 is 116. The molecule has 110 heavy (non-hydrogen) atoms. The van der Waals surface area contributed by atoms with Crippen molar-refractivity contribution < 1.29 is 53.1 Å². The number of unbranched alkanes of at least 4 members (excludes halogenated alkanes) is 12. The van der Waals surface area contributed by atoms with Gasteiger partial charge < -0.3 is 31.1 Å². The Kier molecular flexibility index (Phi) is 32.9. The highest BCUT2D eigenvalue weighted by Gasteiger charge is 2.39. The Morgan fingerprint density at radius 1 is 0.336 bits per heavy atom. The second-order valence-corrected chi connectivity index (χ2v) is 36.3. The zero-order chi connectivity index (χ0) is 79.8. The Labute approximate surface area is 655 Å². The fourth-order valence-corrected chi connectivity index (χ4v) is 20.7. The summed E-state index contributed by atoms with van der Waals surface area (Å²) >= 11 is 0. The summed E-state index contributed by atoms with van der Waals surface area (Å²) in [6, 6.07) is 53.2. The number of aliphatic hydroxyl groups is 1. The highest BCUT2D eigenvalue weighted by Crippen LogP contribution is 2.45. The lowest BCUT2D eigenvalue weighted by atomic mass is 9.96. The second-order valence-electron chi connectivity index (χ2n) is 28.6. The molecule has 594 valence electrons. The standard InChI is InChI=1S/C23H32N2O2S.C22H30N2O2S.C21H28N2O3S.C19H24N2O3S.CO2/c1-4-5-6-7-8-11-16-24-23-19-12-9-10-13-21(19)25(3)28(26,27)22-17-18(2)14-15-20(22)23;1-4-5-6-7-10-15-23-22-18-11-8-9-12-20(18)24(3)27(25,26)21-16-17(2)13-14-19(21)22;1-16-11-12-18-20(15-16)27(25,26)23(2)19-10-6-5-9-17(19)21(18)22-13-7-3-4-8-14-24;1-14-9-10-16-18(13-14)25(22,23)21(2)17-8-5-4-7-15(17)19(16)20-11-6-12-24-3;2-1-3/h9-10,12-15,17,23-24H,4-8,11,16H2,1-3H3;8-9,11-14,16,22-23H,4-7,10,15H2,1-3H3;5-6,9-12,15,21-22,24H,3-4,7-8,13-14H2,1-2H3;4-5,7-10,13,19-20H,6,11-12H2,1-3H3;. The van der Waals surface area contributed by atoms with E-state index in [2.05, 4.69) is 35.1 Å². The van der Waals surface area contributed by atoms with Crippen LogP contribution in [0, 0.1) is 27.7 Å². The first-order valence-corrected chi connectivity index (χ1v) is 44.3. The van der Waals surface area contributed by atoms with Gasteiger partial charge in [0.05, 0.1) is 66.5 Å². The number of aliphatic hydroxyl groups excluding tert-OH is 1. The molecule has 24 heteroatoms. The van der Waals surface area contributed by atoms with E-state index in [1.54, 1.807) is 59.6 Å². The van der Waals surface area contributed by atoms with E-state index in [0.29, 0.717) is 37.6 Å². The third kappa shape index (κ3) is 21.2. The van der Waals surface area contributed by atoms with E-state index in [1.807, 2.05) is 173 Å². The van der Waals surface area contributed by atoms with Crippen molar-refractivity contribution in [3.05, 3.63) is 237 Å². The lowest BCUT2D eigenvalue weighted by molar-refractivity contribution is -0.191. The highest BCUT2D eigenvalue weighted by molar-refractivity contribution is 7.93. The first-order chi connectivity index (χ1) is 52.8. The Bertz CT molecular complexity index is 4710. The lowest BCUT2D eigenvalue weighted by Gasteiger charge is -2.22. The van der Waals surface area contributed by atoms with Crippen LogP contribution in [0.1, 0.15) is 208 Å². The number of nitrogens with zero attached hydrogens (tertiary/aromatic N) is 4. The molecule has 4 aliphatic heterocycles. The molecule has 0 aromatic heterocycles. The van der Waals surface area contributed by atoms with Crippen LogP contribution >= 0.6 is 0 Å². The van der Waals surface area contributed by atoms with Gasteiger partial charge in [0.15, 0.2) is 0 Å². The molecule has 0 fully saturated rings. The van der Waals surface area contributed by atoms with Gasteiger partial charge in [0.1, 0.15) is 0 Å². The van der Waals surface area contributed by atoms with E-state index < -0.39 is 40.1 Å².